The molecule has 0 bridgehead atoms. The van der Waals surface area contributed by atoms with E-state index in [0.717, 1.165) is 22.5 Å². The van der Waals surface area contributed by atoms with Crippen LogP contribution in [0.2, 0.25) is 10.0 Å². The molecule has 6 aliphatic heterocycles. The van der Waals surface area contributed by atoms with E-state index >= 15 is 0 Å². The topological polar surface area (TPSA) is 252 Å². The van der Waals surface area contributed by atoms with Gasteiger partial charge in [-0.05, 0) is 87.4 Å². The molecule has 0 saturated carbocycles. The third-order valence-corrected chi connectivity index (χ3v) is 20.5. The van der Waals surface area contributed by atoms with E-state index in [1.807, 2.05) is 69.1 Å². The number of hydrogen-bond donors (Lipinski definition) is 2. The van der Waals surface area contributed by atoms with E-state index in [0.29, 0.717) is 110 Å². The Balaban J connectivity index is 0.000000198. The number of methoxy groups -OCH3 is 4. The molecule has 98 heavy (non-hydrogen) atoms. The number of carbonyl (C=O) groups excluding carboxylic acids is 6. The van der Waals surface area contributed by atoms with Crippen LogP contribution in [0, 0.1) is 11.6 Å². The van der Waals surface area contributed by atoms with Gasteiger partial charge in [-0.1, -0.05) is 59.6 Å². The number of aliphatic imine (C=N–C) groups is 2. The number of benzene rings is 4. The predicted molar refractivity (Wildman–Crippen MR) is 364 cm³/mol. The lowest BCUT2D eigenvalue weighted by Crippen LogP contribution is -2.61. The fraction of sp³-hybridized carbons (Fsp3) is 0.382. The minimum Gasteiger partial charge on any atom is -0.466 e. The number of amides is 4. The van der Waals surface area contributed by atoms with Gasteiger partial charge in [-0.2, -0.15) is 0 Å². The second-order valence-electron chi connectivity index (χ2n) is 24.6. The fourth-order valence-electron chi connectivity index (χ4n) is 13.2. The highest BCUT2D eigenvalue weighted by molar-refractivity contribution is 7.12. The van der Waals surface area contributed by atoms with Crippen molar-refractivity contribution in [3.05, 3.63) is 185 Å². The number of ether oxygens (including phenoxy) is 6. The SMILES string of the molecule is COC[C@@H]1[C@H]2CN(c3ccc(C(C)(C)OC=O)cc3)C(=O)N2CCN1CC1=C(C(=O)OC)[C@H](c2ccc(F)cc2Cl)N=C(c2nccs2)N1.COC[C@H]1[C@@H]2CN(c3ccc(C(C)(C)OC=O)cc3)C(=O)N2CCN1CC1=C(C(=O)OC)[C@H](c2ccc(F)cc2Cl)N=C(c2nccs2)N1. The molecule has 0 radical (unpaired) electrons. The van der Waals surface area contributed by atoms with Gasteiger partial charge < -0.3 is 48.9 Å². The Morgan fingerprint density at radius 2 is 0.980 bits per heavy atom. The Morgan fingerprint density at radius 3 is 1.31 bits per heavy atom. The van der Waals surface area contributed by atoms with Crippen LogP contribution in [0.25, 0.3) is 0 Å². The summed E-state index contributed by atoms with van der Waals surface area (Å²) in [6.07, 6.45) is 3.32. The molecule has 516 valence electrons. The number of halogens is 4. The molecule has 4 amide bonds. The lowest BCUT2D eigenvalue weighted by Gasteiger charge is -2.44. The molecule has 4 fully saturated rings. The van der Waals surface area contributed by atoms with Gasteiger partial charge in [0.1, 0.15) is 34.9 Å². The van der Waals surface area contributed by atoms with Gasteiger partial charge in [-0.15, -0.1) is 22.7 Å². The van der Waals surface area contributed by atoms with Crippen molar-refractivity contribution >= 4 is 106 Å². The van der Waals surface area contributed by atoms with Gasteiger partial charge in [0, 0.05) is 134 Å². The van der Waals surface area contributed by atoms with E-state index in [4.69, 9.17) is 61.6 Å². The van der Waals surface area contributed by atoms with Crippen molar-refractivity contribution in [2.75, 3.05) is 104 Å². The molecular weight excluding hydrogens is 1350 g/mol. The zero-order chi connectivity index (χ0) is 69.7. The van der Waals surface area contributed by atoms with Crippen LogP contribution in [-0.2, 0) is 58.8 Å². The van der Waals surface area contributed by atoms with Gasteiger partial charge in [0.25, 0.3) is 12.9 Å². The number of carbonyl (C=O) groups is 6. The van der Waals surface area contributed by atoms with Crippen molar-refractivity contribution in [3.63, 3.8) is 0 Å². The van der Waals surface area contributed by atoms with Gasteiger partial charge in [-0.3, -0.25) is 39.2 Å². The van der Waals surface area contributed by atoms with Gasteiger partial charge in [0.2, 0.25) is 0 Å². The number of amidine groups is 2. The summed E-state index contributed by atoms with van der Waals surface area (Å²) < 4.78 is 60.6. The second kappa shape index (κ2) is 30.2. The molecule has 4 aromatic carbocycles. The molecule has 8 heterocycles. The Bertz CT molecular complexity index is 3830. The van der Waals surface area contributed by atoms with Gasteiger partial charge >= 0.3 is 24.0 Å². The van der Waals surface area contributed by atoms with Crippen LogP contribution >= 0.6 is 45.9 Å². The Hall–Kier alpha value is -8.74. The average molecular weight is 1420 g/mol. The maximum Gasteiger partial charge on any atom is 0.338 e. The number of nitrogens with zero attached hydrogens (tertiary/aromatic N) is 10. The first-order valence-electron chi connectivity index (χ1n) is 31.2. The summed E-state index contributed by atoms with van der Waals surface area (Å²) in [5.41, 5.74) is 3.84. The molecule has 6 aliphatic rings. The third kappa shape index (κ3) is 14.5. The van der Waals surface area contributed by atoms with Crippen LogP contribution in [0.3, 0.4) is 0 Å². The number of esters is 2. The molecule has 4 saturated heterocycles. The van der Waals surface area contributed by atoms with E-state index in [-0.39, 0.29) is 70.5 Å². The summed E-state index contributed by atoms with van der Waals surface area (Å²) >= 11 is 15.8. The number of nitrogens with one attached hydrogen (secondary N) is 2. The molecule has 0 aliphatic carbocycles. The summed E-state index contributed by atoms with van der Waals surface area (Å²) in [6, 6.07) is 19.8. The summed E-state index contributed by atoms with van der Waals surface area (Å²) in [7, 11) is 5.82. The number of fused-ring (bicyclic) bond motifs is 2. The van der Waals surface area contributed by atoms with Crippen LogP contribution in [-0.4, -0.2) is 196 Å². The average Bonchev–Trinajstić information content (AvgIpc) is 1.36. The summed E-state index contributed by atoms with van der Waals surface area (Å²) in [4.78, 5) is 107. The van der Waals surface area contributed by atoms with Crippen LogP contribution < -0.4 is 20.4 Å². The molecule has 6 aromatic rings. The van der Waals surface area contributed by atoms with Crippen LogP contribution in [0.15, 0.2) is 141 Å². The van der Waals surface area contributed by atoms with E-state index in [2.05, 4.69) is 30.4 Å². The van der Waals surface area contributed by atoms with Crippen LogP contribution in [0.4, 0.5) is 29.7 Å². The van der Waals surface area contributed by atoms with E-state index in [9.17, 15) is 37.5 Å². The zero-order valence-electron chi connectivity index (χ0n) is 54.8. The van der Waals surface area contributed by atoms with Gasteiger partial charge in [0.15, 0.2) is 21.7 Å². The molecule has 2 aromatic heterocycles. The lowest BCUT2D eigenvalue weighted by atomic mass is 9.94. The third-order valence-electron chi connectivity index (χ3n) is 18.3. The van der Waals surface area contributed by atoms with Crippen molar-refractivity contribution in [1.29, 1.82) is 0 Å². The Kier molecular flexibility index (Phi) is 21.7. The number of urea groups is 2. The van der Waals surface area contributed by atoms with E-state index in [1.54, 1.807) is 64.1 Å². The quantitative estimate of drug-likeness (QED) is 0.0365. The standard InChI is InChI=1S/2C34H36ClFN6O6S/c2*1-34(2,48-19-43)20-5-8-22(9-6-20)42-17-26-27(18-46-3)40(12-13-41(26)33(42)45)16-25-28(32(44)47-4)29(23-10-7-21(36)15-24(23)35)39-30(38-25)31-37-11-14-49-31/h2*5-11,14-15,19,26-27,29H,12-13,16-18H2,1-4H3,(H,38,39)/t26-,27-,29+;26-,27-,29-/m10/s1. The normalized spacial score (nSPS) is 21.3. The number of thiazole rings is 2. The molecule has 24 nitrogen and oxygen atoms in total. The lowest BCUT2D eigenvalue weighted by molar-refractivity contribution is -0.142. The Labute approximate surface area is 582 Å². The highest BCUT2D eigenvalue weighted by Gasteiger charge is 2.50. The maximum absolute atomic E-state index is 14.1. The highest BCUT2D eigenvalue weighted by Crippen LogP contribution is 2.41. The first-order chi connectivity index (χ1) is 47.1. The largest absolute Gasteiger partial charge is 0.466 e. The summed E-state index contributed by atoms with van der Waals surface area (Å²) in [5, 5.41) is 11.8. The molecule has 0 unspecified atom stereocenters. The van der Waals surface area contributed by atoms with E-state index in [1.165, 1.54) is 73.3 Å². The maximum atomic E-state index is 14.1. The number of rotatable bonds is 22. The van der Waals surface area contributed by atoms with E-state index < -0.39 is 46.9 Å². The highest BCUT2D eigenvalue weighted by atomic mass is 35.5. The zero-order valence-corrected chi connectivity index (χ0v) is 57.9. The van der Waals surface area contributed by atoms with Gasteiger partial charge in [-0.25, -0.2) is 37.9 Å². The smallest absolute Gasteiger partial charge is 0.338 e. The minimum atomic E-state index is -0.897. The molecule has 30 heteroatoms. The summed E-state index contributed by atoms with van der Waals surface area (Å²) in [6.45, 7) is 11.9. The first-order valence-corrected chi connectivity index (χ1v) is 33.7. The van der Waals surface area contributed by atoms with Crippen LogP contribution in [0.5, 0.6) is 0 Å². The second-order valence-corrected chi connectivity index (χ2v) is 27.2. The monoisotopic (exact) mass is 1420 g/mol. The molecule has 2 N–H and O–H groups in total. The molecular formula is C68H72Cl2F2N12O12S2. The predicted octanol–water partition coefficient (Wildman–Crippen LogP) is 9.01. The van der Waals surface area contributed by atoms with Crippen molar-refractivity contribution in [3.8, 4) is 0 Å². The van der Waals surface area contributed by atoms with Gasteiger partial charge in [0.05, 0.1) is 62.7 Å². The number of piperazine rings is 2. The molecule has 0 spiro atoms. The van der Waals surface area contributed by atoms with Crippen molar-refractivity contribution in [1.82, 2.24) is 40.2 Å². The molecule has 12 rings (SSSR count). The van der Waals surface area contributed by atoms with Crippen LogP contribution in [0.1, 0.15) is 72.0 Å². The first kappa shape index (κ1) is 70.6. The van der Waals surface area contributed by atoms with Crippen molar-refractivity contribution in [2.45, 2.75) is 75.1 Å². The summed E-state index contributed by atoms with van der Waals surface area (Å²) in [5.74, 6) is -1.35. The minimum absolute atomic E-state index is 0.114. The fourth-order valence-corrected chi connectivity index (χ4v) is 14.9. The number of aromatic nitrogens is 2. The number of hydrogen-bond acceptors (Lipinski definition) is 22. The molecule has 6 atom stereocenters. The Morgan fingerprint density at radius 1 is 0.592 bits per heavy atom. The number of anilines is 2. The van der Waals surface area contributed by atoms with Crippen molar-refractivity contribution in [2.24, 2.45) is 9.98 Å². The van der Waals surface area contributed by atoms with Crippen molar-refractivity contribution < 1.29 is 66.0 Å².